The predicted octanol–water partition coefficient (Wildman–Crippen LogP) is 1.18. The molecule has 3 unspecified atom stereocenters. The topological polar surface area (TPSA) is 52.6 Å². The van der Waals surface area contributed by atoms with E-state index in [4.69, 9.17) is 9.47 Å². The summed E-state index contributed by atoms with van der Waals surface area (Å²) < 4.78 is 9.94. The standard InChI is InChI=1S/C11H18O4/c1-7(12)8-4-9(11(13)15-3)6-10(5-8)14-2/h8-10H,4-6H2,1-3H3. The largest absolute Gasteiger partial charge is 0.469 e. The number of hydrogen-bond donors (Lipinski definition) is 0. The van der Waals surface area contributed by atoms with E-state index in [9.17, 15) is 9.59 Å². The molecule has 0 aliphatic heterocycles. The van der Waals surface area contributed by atoms with Crippen LogP contribution in [0, 0.1) is 11.8 Å². The van der Waals surface area contributed by atoms with E-state index >= 15 is 0 Å². The highest BCUT2D eigenvalue weighted by molar-refractivity contribution is 5.80. The molecule has 0 heterocycles. The van der Waals surface area contributed by atoms with Gasteiger partial charge in [-0.05, 0) is 26.2 Å². The molecule has 1 fully saturated rings. The Bertz CT molecular complexity index is 249. The Morgan fingerprint density at radius 2 is 1.67 bits per heavy atom. The van der Waals surface area contributed by atoms with Gasteiger partial charge >= 0.3 is 5.97 Å². The minimum absolute atomic E-state index is 0.00301. The Hall–Kier alpha value is -0.900. The van der Waals surface area contributed by atoms with E-state index in [0.717, 1.165) is 6.42 Å². The molecule has 3 atom stereocenters. The summed E-state index contributed by atoms with van der Waals surface area (Å²) in [4.78, 5) is 22.7. The molecular weight excluding hydrogens is 196 g/mol. The second-order valence-corrected chi connectivity index (χ2v) is 4.09. The van der Waals surface area contributed by atoms with Gasteiger partial charge in [0.15, 0.2) is 0 Å². The minimum atomic E-state index is -0.233. The molecule has 0 radical (unpaired) electrons. The second kappa shape index (κ2) is 5.26. The van der Waals surface area contributed by atoms with Gasteiger partial charge in [0.25, 0.3) is 0 Å². The third kappa shape index (κ3) is 3.02. The van der Waals surface area contributed by atoms with Gasteiger partial charge in [-0.15, -0.1) is 0 Å². The van der Waals surface area contributed by atoms with Crippen LogP contribution in [-0.2, 0) is 19.1 Å². The van der Waals surface area contributed by atoms with Crippen LogP contribution in [0.5, 0.6) is 0 Å². The lowest BCUT2D eigenvalue weighted by Gasteiger charge is -2.31. The number of carbonyl (C=O) groups excluding carboxylic acids is 2. The van der Waals surface area contributed by atoms with Crippen LogP contribution in [-0.4, -0.2) is 32.1 Å². The maximum atomic E-state index is 11.4. The van der Waals surface area contributed by atoms with Gasteiger partial charge in [0.05, 0.1) is 19.1 Å². The molecule has 0 amide bonds. The van der Waals surface area contributed by atoms with Crippen molar-refractivity contribution in [1.29, 1.82) is 0 Å². The summed E-state index contributed by atoms with van der Waals surface area (Å²) in [7, 11) is 2.99. The summed E-state index contributed by atoms with van der Waals surface area (Å²) in [5, 5.41) is 0. The molecule has 1 rings (SSSR count). The van der Waals surface area contributed by atoms with Gasteiger partial charge in [-0.2, -0.15) is 0 Å². The number of carbonyl (C=O) groups is 2. The van der Waals surface area contributed by atoms with E-state index in [1.54, 1.807) is 14.0 Å². The Morgan fingerprint density at radius 1 is 1.07 bits per heavy atom. The third-order valence-electron chi connectivity index (χ3n) is 3.11. The van der Waals surface area contributed by atoms with Gasteiger partial charge in [0.1, 0.15) is 5.78 Å². The first kappa shape index (κ1) is 12.2. The summed E-state index contributed by atoms with van der Waals surface area (Å²) in [5.41, 5.74) is 0. The van der Waals surface area contributed by atoms with Gasteiger partial charge in [0.2, 0.25) is 0 Å². The maximum absolute atomic E-state index is 11.4. The SMILES string of the molecule is COC(=O)C1CC(OC)CC(C(C)=O)C1. The van der Waals surface area contributed by atoms with Gasteiger partial charge < -0.3 is 9.47 Å². The highest BCUT2D eigenvalue weighted by Crippen LogP contribution is 2.32. The molecule has 1 aliphatic rings. The zero-order valence-electron chi connectivity index (χ0n) is 9.49. The van der Waals surface area contributed by atoms with Gasteiger partial charge in [-0.1, -0.05) is 0 Å². The highest BCUT2D eigenvalue weighted by Gasteiger charge is 2.35. The lowest BCUT2D eigenvalue weighted by molar-refractivity contribution is -0.149. The summed E-state index contributed by atoms with van der Waals surface area (Å²) in [5.74, 6) is -0.357. The Labute approximate surface area is 89.9 Å². The molecule has 15 heavy (non-hydrogen) atoms. The number of methoxy groups -OCH3 is 2. The van der Waals surface area contributed by atoms with Crippen molar-refractivity contribution in [3.8, 4) is 0 Å². The lowest BCUT2D eigenvalue weighted by Crippen LogP contribution is -2.35. The van der Waals surface area contributed by atoms with Crippen molar-refractivity contribution in [3.05, 3.63) is 0 Å². The first-order valence-electron chi connectivity index (χ1n) is 5.19. The minimum Gasteiger partial charge on any atom is -0.469 e. The van der Waals surface area contributed by atoms with Crippen LogP contribution in [0.1, 0.15) is 26.2 Å². The summed E-state index contributed by atoms with van der Waals surface area (Å²) in [6.07, 6.45) is 1.98. The van der Waals surface area contributed by atoms with Crippen LogP contribution in [0.25, 0.3) is 0 Å². The first-order chi connectivity index (χ1) is 7.08. The Morgan fingerprint density at radius 3 is 2.13 bits per heavy atom. The van der Waals surface area contributed by atoms with Crippen molar-refractivity contribution >= 4 is 11.8 Å². The fourth-order valence-electron chi connectivity index (χ4n) is 2.15. The summed E-state index contributed by atoms with van der Waals surface area (Å²) in [6.45, 7) is 1.57. The van der Waals surface area contributed by atoms with Crippen LogP contribution in [0.3, 0.4) is 0 Å². The molecular formula is C11H18O4. The van der Waals surface area contributed by atoms with Crippen molar-refractivity contribution in [3.63, 3.8) is 0 Å². The lowest BCUT2D eigenvalue weighted by atomic mass is 9.78. The molecule has 86 valence electrons. The fourth-order valence-corrected chi connectivity index (χ4v) is 2.15. The van der Waals surface area contributed by atoms with E-state index in [2.05, 4.69) is 0 Å². The average Bonchev–Trinajstić information content (AvgIpc) is 2.27. The number of hydrogen-bond acceptors (Lipinski definition) is 4. The van der Waals surface area contributed by atoms with Crippen LogP contribution in [0.4, 0.5) is 0 Å². The Kier molecular flexibility index (Phi) is 4.27. The van der Waals surface area contributed by atoms with Crippen molar-refractivity contribution in [1.82, 2.24) is 0 Å². The second-order valence-electron chi connectivity index (χ2n) is 4.09. The van der Waals surface area contributed by atoms with Gasteiger partial charge in [-0.3, -0.25) is 9.59 Å². The van der Waals surface area contributed by atoms with Crippen LogP contribution in [0.2, 0.25) is 0 Å². The van der Waals surface area contributed by atoms with E-state index in [1.165, 1.54) is 7.11 Å². The van der Waals surface area contributed by atoms with Crippen LogP contribution >= 0.6 is 0 Å². The van der Waals surface area contributed by atoms with Crippen molar-refractivity contribution < 1.29 is 19.1 Å². The fraction of sp³-hybridized carbons (Fsp3) is 0.818. The van der Waals surface area contributed by atoms with Crippen molar-refractivity contribution in [2.24, 2.45) is 11.8 Å². The van der Waals surface area contributed by atoms with E-state index in [1.807, 2.05) is 0 Å². The molecule has 0 saturated heterocycles. The van der Waals surface area contributed by atoms with E-state index < -0.39 is 0 Å². The molecule has 0 spiro atoms. The van der Waals surface area contributed by atoms with Crippen molar-refractivity contribution in [2.75, 3.05) is 14.2 Å². The van der Waals surface area contributed by atoms with Crippen LogP contribution in [0.15, 0.2) is 0 Å². The Balaban J connectivity index is 2.66. The van der Waals surface area contributed by atoms with E-state index in [-0.39, 0.29) is 29.7 Å². The molecule has 4 heteroatoms. The molecule has 0 aromatic carbocycles. The molecule has 1 saturated carbocycles. The zero-order chi connectivity index (χ0) is 11.4. The smallest absolute Gasteiger partial charge is 0.308 e. The molecule has 0 N–H and O–H groups in total. The highest BCUT2D eigenvalue weighted by atomic mass is 16.5. The molecule has 0 bridgehead atoms. The van der Waals surface area contributed by atoms with Crippen molar-refractivity contribution in [2.45, 2.75) is 32.3 Å². The zero-order valence-corrected chi connectivity index (χ0v) is 9.49. The third-order valence-corrected chi connectivity index (χ3v) is 3.11. The van der Waals surface area contributed by atoms with E-state index in [0.29, 0.717) is 12.8 Å². The predicted molar refractivity (Wildman–Crippen MR) is 54.3 cm³/mol. The number of rotatable bonds is 3. The van der Waals surface area contributed by atoms with Gasteiger partial charge in [-0.25, -0.2) is 0 Å². The normalized spacial score (nSPS) is 31.0. The summed E-state index contributed by atoms with van der Waals surface area (Å²) >= 11 is 0. The van der Waals surface area contributed by atoms with Crippen LogP contribution < -0.4 is 0 Å². The number of ether oxygens (including phenoxy) is 2. The molecule has 4 nitrogen and oxygen atoms in total. The number of ketones is 1. The summed E-state index contributed by atoms with van der Waals surface area (Å²) in [6, 6.07) is 0. The maximum Gasteiger partial charge on any atom is 0.308 e. The number of Topliss-reactive ketones (excluding diaryl/α,β-unsaturated/α-hetero) is 1. The average molecular weight is 214 g/mol. The quantitative estimate of drug-likeness (QED) is 0.662. The van der Waals surface area contributed by atoms with Gasteiger partial charge in [0, 0.05) is 13.0 Å². The molecule has 0 aromatic rings. The molecule has 1 aliphatic carbocycles. The molecule has 0 aromatic heterocycles. The number of esters is 1. The first-order valence-corrected chi connectivity index (χ1v) is 5.19. The monoisotopic (exact) mass is 214 g/mol.